The molecule has 0 unspecified atom stereocenters. The monoisotopic (exact) mass is 247 g/mol. The van der Waals surface area contributed by atoms with E-state index in [4.69, 9.17) is 4.74 Å². The fraction of sp³-hybridized carbons (Fsp3) is 0.167. The molecule has 0 saturated heterocycles. The number of aromatic nitrogens is 2. The summed E-state index contributed by atoms with van der Waals surface area (Å²) in [6.45, 7) is 0. The molecular weight excluding hydrogens is 234 g/mol. The smallest absolute Gasteiger partial charge is 0.130 e. The van der Waals surface area contributed by atoms with Gasteiger partial charge in [0, 0.05) is 18.0 Å². The lowest BCUT2D eigenvalue weighted by atomic mass is 10.3. The van der Waals surface area contributed by atoms with Crippen LogP contribution >= 0.6 is 11.8 Å². The molecule has 0 spiro atoms. The van der Waals surface area contributed by atoms with Crippen LogP contribution in [-0.4, -0.2) is 24.1 Å². The van der Waals surface area contributed by atoms with Crippen LogP contribution in [0.2, 0.25) is 0 Å². The van der Waals surface area contributed by atoms with Gasteiger partial charge in [-0.05, 0) is 18.2 Å². The van der Waals surface area contributed by atoms with Crippen LogP contribution in [0.3, 0.4) is 0 Å². The molecule has 0 aliphatic carbocycles. The van der Waals surface area contributed by atoms with Crippen molar-refractivity contribution in [2.45, 2.75) is 9.92 Å². The Morgan fingerprint density at radius 1 is 1.24 bits per heavy atom. The Kier molecular flexibility index (Phi) is 3.82. The minimum atomic E-state index is 0.811. The van der Waals surface area contributed by atoms with Gasteiger partial charge < -0.3 is 10.1 Å². The van der Waals surface area contributed by atoms with Gasteiger partial charge in [0.15, 0.2) is 0 Å². The molecular formula is C12H13N3OS. The van der Waals surface area contributed by atoms with Crippen LogP contribution in [-0.2, 0) is 0 Å². The van der Waals surface area contributed by atoms with Gasteiger partial charge in [-0.1, -0.05) is 17.8 Å². The van der Waals surface area contributed by atoms with E-state index in [0.29, 0.717) is 0 Å². The van der Waals surface area contributed by atoms with Gasteiger partial charge in [0.1, 0.15) is 22.9 Å². The normalized spacial score (nSPS) is 10.0. The molecule has 88 valence electrons. The van der Waals surface area contributed by atoms with Gasteiger partial charge >= 0.3 is 0 Å². The molecule has 1 aromatic carbocycles. The van der Waals surface area contributed by atoms with Crippen LogP contribution in [0.4, 0.5) is 5.82 Å². The van der Waals surface area contributed by atoms with Crippen molar-refractivity contribution in [1.29, 1.82) is 0 Å². The Bertz CT molecular complexity index is 459. The molecule has 0 fully saturated rings. The zero-order chi connectivity index (χ0) is 12.1. The number of anilines is 1. The molecule has 2 rings (SSSR count). The number of benzene rings is 1. The second-order valence-corrected chi connectivity index (χ2v) is 4.37. The standard InChI is InChI=1S/C12H13N3OS/c1-13-11-7-12(15-8-14-11)17-10-5-3-4-9(6-10)16-2/h3-8H,1-2H3,(H,13,14,15). The molecule has 0 atom stereocenters. The van der Waals surface area contributed by atoms with Gasteiger partial charge in [0.05, 0.1) is 7.11 Å². The zero-order valence-corrected chi connectivity index (χ0v) is 10.5. The molecule has 0 amide bonds. The third-order valence-electron chi connectivity index (χ3n) is 2.16. The van der Waals surface area contributed by atoms with Gasteiger partial charge in [-0.25, -0.2) is 9.97 Å². The van der Waals surface area contributed by atoms with Crippen molar-refractivity contribution < 1.29 is 4.74 Å². The van der Waals surface area contributed by atoms with Gasteiger partial charge in [0.25, 0.3) is 0 Å². The number of hydrogen-bond donors (Lipinski definition) is 1. The highest BCUT2D eigenvalue weighted by atomic mass is 32.2. The molecule has 1 N–H and O–H groups in total. The molecule has 0 saturated carbocycles. The summed E-state index contributed by atoms with van der Waals surface area (Å²) in [6, 6.07) is 9.79. The van der Waals surface area contributed by atoms with Crippen molar-refractivity contribution in [3.63, 3.8) is 0 Å². The van der Waals surface area contributed by atoms with Gasteiger partial charge in [-0.15, -0.1) is 0 Å². The van der Waals surface area contributed by atoms with Gasteiger partial charge in [-0.3, -0.25) is 0 Å². The third-order valence-corrected chi connectivity index (χ3v) is 3.08. The van der Waals surface area contributed by atoms with Crippen molar-refractivity contribution in [1.82, 2.24) is 9.97 Å². The highest BCUT2D eigenvalue weighted by molar-refractivity contribution is 7.99. The number of methoxy groups -OCH3 is 1. The number of hydrogen-bond acceptors (Lipinski definition) is 5. The molecule has 1 aromatic heterocycles. The van der Waals surface area contributed by atoms with E-state index < -0.39 is 0 Å². The summed E-state index contributed by atoms with van der Waals surface area (Å²) in [5, 5.41) is 3.89. The lowest BCUT2D eigenvalue weighted by molar-refractivity contribution is 0.413. The molecule has 2 aromatic rings. The van der Waals surface area contributed by atoms with Crippen LogP contribution in [0.15, 0.2) is 46.6 Å². The largest absolute Gasteiger partial charge is 0.497 e. The first-order valence-electron chi connectivity index (χ1n) is 5.13. The SMILES string of the molecule is CNc1cc(Sc2cccc(OC)c2)ncn1. The second-order valence-electron chi connectivity index (χ2n) is 3.27. The summed E-state index contributed by atoms with van der Waals surface area (Å²) in [4.78, 5) is 9.37. The first-order valence-corrected chi connectivity index (χ1v) is 5.95. The summed E-state index contributed by atoms with van der Waals surface area (Å²) in [5.41, 5.74) is 0. The summed E-state index contributed by atoms with van der Waals surface area (Å²) < 4.78 is 5.18. The lowest BCUT2D eigenvalue weighted by Gasteiger charge is -2.04. The Morgan fingerprint density at radius 2 is 2.12 bits per heavy atom. The summed E-state index contributed by atoms with van der Waals surface area (Å²) >= 11 is 1.58. The molecule has 0 aliphatic rings. The van der Waals surface area contributed by atoms with Crippen molar-refractivity contribution in [2.24, 2.45) is 0 Å². The predicted molar refractivity (Wildman–Crippen MR) is 68.7 cm³/mol. The molecule has 17 heavy (non-hydrogen) atoms. The van der Waals surface area contributed by atoms with E-state index >= 15 is 0 Å². The molecule has 0 aliphatic heterocycles. The van der Waals surface area contributed by atoms with E-state index in [1.54, 1.807) is 25.2 Å². The number of rotatable bonds is 4. The highest BCUT2D eigenvalue weighted by Gasteiger charge is 2.01. The molecule has 1 heterocycles. The van der Waals surface area contributed by atoms with Gasteiger partial charge in [0.2, 0.25) is 0 Å². The fourth-order valence-electron chi connectivity index (χ4n) is 1.32. The van der Waals surface area contributed by atoms with E-state index in [2.05, 4.69) is 15.3 Å². The van der Waals surface area contributed by atoms with Gasteiger partial charge in [-0.2, -0.15) is 0 Å². The summed E-state index contributed by atoms with van der Waals surface area (Å²) in [6.07, 6.45) is 1.55. The van der Waals surface area contributed by atoms with E-state index in [-0.39, 0.29) is 0 Å². The molecule has 4 nitrogen and oxygen atoms in total. The number of nitrogens with one attached hydrogen (secondary N) is 1. The molecule has 0 radical (unpaired) electrons. The van der Waals surface area contributed by atoms with Crippen molar-refractivity contribution in [3.8, 4) is 5.75 Å². The van der Waals surface area contributed by atoms with Crippen LogP contribution in [0.1, 0.15) is 0 Å². The quantitative estimate of drug-likeness (QED) is 0.842. The maximum atomic E-state index is 5.18. The van der Waals surface area contributed by atoms with E-state index in [1.165, 1.54) is 0 Å². The van der Waals surface area contributed by atoms with Crippen molar-refractivity contribution in [3.05, 3.63) is 36.7 Å². The second kappa shape index (κ2) is 5.54. The van der Waals surface area contributed by atoms with Crippen LogP contribution < -0.4 is 10.1 Å². The summed E-state index contributed by atoms with van der Waals surface area (Å²) in [5.74, 6) is 1.66. The lowest BCUT2D eigenvalue weighted by Crippen LogP contribution is -1.93. The average molecular weight is 247 g/mol. The minimum absolute atomic E-state index is 0.811. The molecule has 5 heteroatoms. The Morgan fingerprint density at radius 3 is 2.88 bits per heavy atom. The van der Waals surface area contributed by atoms with Crippen molar-refractivity contribution in [2.75, 3.05) is 19.5 Å². The van der Waals surface area contributed by atoms with Crippen molar-refractivity contribution >= 4 is 17.6 Å². The third kappa shape index (κ3) is 3.10. The first-order chi connectivity index (χ1) is 8.31. The number of ether oxygens (including phenoxy) is 1. The van der Waals surface area contributed by atoms with Crippen LogP contribution in [0.25, 0.3) is 0 Å². The average Bonchev–Trinajstić information content (AvgIpc) is 2.39. The Hall–Kier alpha value is -1.75. The van der Waals surface area contributed by atoms with E-state index in [9.17, 15) is 0 Å². The Labute approximate surface area is 104 Å². The van der Waals surface area contributed by atoms with Crippen LogP contribution in [0.5, 0.6) is 5.75 Å². The van der Waals surface area contributed by atoms with E-state index in [1.807, 2.05) is 37.4 Å². The zero-order valence-electron chi connectivity index (χ0n) is 9.68. The van der Waals surface area contributed by atoms with Crippen LogP contribution in [0, 0.1) is 0 Å². The fourth-order valence-corrected chi connectivity index (χ4v) is 2.15. The highest BCUT2D eigenvalue weighted by Crippen LogP contribution is 2.29. The first kappa shape index (κ1) is 11.7. The maximum Gasteiger partial charge on any atom is 0.130 e. The maximum absolute atomic E-state index is 5.18. The summed E-state index contributed by atoms with van der Waals surface area (Å²) in [7, 11) is 3.50. The Balaban J connectivity index is 2.18. The predicted octanol–water partition coefficient (Wildman–Crippen LogP) is 2.68. The number of nitrogens with zero attached hydrogens (tertiary/aromatic N) is 2. The topological polar surface area (TPSA) is 47.0 Å². The molecule has 0 bridgehead atoms. The van der Waals surface area contributed by atoms with E-state index in [0.717, 1.165) is 21.5 Å². The minimum Gasteiger partial charge on any atom is -0.497 e.